The number of sulfonamides is 1. The lowest BCUT2D eigenvalue weighted by atomic mass is 10.1. The van der Waals surface area contributed by atoms with Crippen molar-refractivity contribution in [1.29, 1.82) is 0 Å². The zero-order valence-electron chi connectivity index (χ0n) is 24.1. The molecule has 0 saturated carbocycles. The lowest BCUT2D eigenvalue weighted by Gasteiger charge is -2.24. The molecule has 0 aliphatic heterocycles. The molecule has 0 saturated heterocycles. The van der Waals surface area contributed by atoms with Crippen molar-refractivity contribution < 1.29 is 32.2 Å². The molecule has 0 radical (unpaired) electrons. The van der Waals surface area contributed by atoms with Crippen LogP contribution in [0.5, 0.6) is 17.2 Å². The van der Waals surface area contributed by atoms with Crippen LogP contribution in [-0.2, 0) is 21.2 Å². The lowest BCUT2D eigenvalue weighted by Crippen LogP contribution is -2.38. The van der Waals surface area contributed by atoms with E-state index >= 15 is 0 Å². The maximum absolute atomic E-state index is 13.6. The first-order chi connectivity index (χ1) is 20.8. The summed E-state index contributed by atoms with van der Waals surface area (Å²) in [5, 5.41) is 5.58. The first-order valence-corrected chi connectivity index (χ1v) is 14.8. The summed E-state index contributed by atoms with van der Waals surface area (Å²) >= 11 is 0. The Kier molecular flexibility index (Phi) is 10.2. The first kappa shape index (κ1) is 30.9. The van der Waals surface area contributed by atoms with Gasteiger partial charge in [-0.3, -0.25) is 13.9 Å². The minimum Gasteiger partial charge on any atom is -0.497 e. The van der Waals surface area contributed by atoms with Crippen molar-refractivity contribution in [2.45, 2.75) is 11.3 Å². The van der Waals surface area contributed by atoms with Crippen molar-refractivity contribution in [3.05, 3.63) is 108 Å². The number of ether oxygens (including phenoxy) is 3. The Labute approximate surface area is 251 Å². The third-order valence-corrected chi connectivity index (χ3v) is 8.34. The molecule has 0 spiro atoms. The molecule has 11 heteroatoms. The number of carbonyl (C=O) groups is 2. The van der Waals surface area contributed by atoms with Crippen LogP contribution in [0.1, 0.15) is 15.9 Å². The smallest absolute Gasteiger partial charge is 0.264 e. The van der Waals surface area contributed by atoms with Crippen molar-refractivity contribution in [2.24, 2.45) is 0 Å². The zero-order valence-corrected chi connectivity index (χ0v) is 24.9. The van der Waals surface area contributed by atoms with Crippen LogP contribution >= 0.6 is 0 Å². The number of benzene rings is 4. The molecule has 4 aromatic carbocycles. The third kappa shape index (κ3) is 7.63. The highest BCUT2D eigenvalue weighted by Crippen LogP contribution is 2.28. The summed E-state index contributed by atoms with van der Waals surface area (Å²) in [5.74, 6) is 0.616. The van der Waals surface area contributed by atoms with E-state index in [4.69, 9.17) is 14.2 Å². The molecule has 224 valence electrons. The quantitative estimate of drug-likeness (QED) is 0.230. The molecule has 0 aromatic heterocycles. The standard InChI is InChI=1S/C32H33N3O7S/c1-40-25-11-9-10-24(21-25)35(43(38,39)26-12-5-4-6-13-26)22-31(36)34-28-15-8-7-14-27(28)32(37)33-19-18-23-16-17-29(41-2)30(20-23)42-3/h4-17,20-21H,18-19,22H2,1-3H3,(H,33,37)(H,34,36). The van der Waals surface area contributed by atoms with Gasteiger partial charge in [-0.1, -0.05) is 42.5 Å². The Hall–Kier alpha value is -5.03. The van der Waals surface area contributed by atoms with E-state index in [1.165, 1.54) is 25.3 Å². The van der Waals surface area contributed by atoms with Crippen LogP contribution in [-0.4, -0.2) is 54.7 Å². The molecule has 4 aromatic rings. The van der Waals surface area contributed by atoms with E-state index in [1.54, 1.807) is 80.9 Å². The van der Waals surface area contributed by atoms with Gasteiger partial charge >= 0.3 is 0 Å². The van der Waals surface area contributed by atoms with E-state index < -0.39 is 28.4 Å². The number of amides is 2. The highest BCUT2D eigenvalue weighted by Gasteiger charge is 2.28. The van der Waals surface area contributed by atoms with Gasteiger partial charge in [-0.05, 0) is 60.5 Å². The number of hydrogen-bond donors (Lipinski definition) is 2. The van der Waals surface area contributed by atoms with Gasteiger partial charge in [-0.2, -0.15) is 0 Å². The molecule has 0 aliphatic carbocycles. The van der Waals surface area contributed by atoms with Crippen molar-refractivity contribution in [3.8, 4) is 17.2 Å². The Morgan fingerprint density at radius 3 is 2.21 bits per heavy atom. The number of nitrogens with one attached hydrogen (secondary N) is 2. The Bertz CT molecular complexity index is 1680. The number of carbonyl (C=O) groups excluding carboxylic acids is 2. The second-order valence-electron chi connectivity index (χ2n) is 9.32. The molecule has 0 atom stereocenters. The number of nitrogens with zero attached hydrogens (tertiary/aromatic N) is 1. The fraction of sp³-hybridized carbons (Fsp3) is 0.188. The summed E-state index contributed by atoms with van der Waals surface area (Å²) in [7, 11) is 0.469. The van der Waals surface area contributed by atoms with Gasteiger partial charge in [0.1, 0.15) is 12.3 Å². The normalized spacial score (nSPS) is 10.9. The fourth-order valence-electron chi connectivity index (χ4n) is 4.36. The summed E-state index contributed by atoms with van der Waals surface area (Å²) in [6, 6.07) is 26.3. The van der Waals surface area contributed by atoms with Crippen LogP contribution in [0.2, 0.25) is 0 Å². The summed E-state index contributed by atoms with van der Waals surface area (Å²) in [5.41, 5.74) is 1.68. The monoisotopic (exact) mass is 603 g/mol. The molecule has 0 bridgehead atoms. The van der Waals surface area contributed by atoms with E-state index in [0.717, 1.165) is 9.87 Å². The predicted octanol–water partition coefficient (Wildman–Crippen LogP) is 4.52. The number of rotatable bonds is 13. The Balaban J connectivity index is 1.49. The van der Waals surface area contributed by atoms with E-state index in [-0.39, 0.29) is 21.8 Å². The molecule has 10 nitrogen and oxygen atoms in total. The van der Waals surface area contributed by atoms with Gasteiger partial charge < -0.3 is 24.8 Å². The van der Waals surface area contributed by atoms with Gasteiger partial charge in [0.05, 0.1) is 43.2 Å². The fourth-order valence-corrected chi connectivity index (χ4v) is 5.80. The second kappa shape index (κ2) is 14.2. The molecule has 43 heavy (non-hydrogen) atoms. The molecule has 2 N–H and O–H groups in total. The van der Waals surface area contributed by atoms with Crippen LogP contribution in [0.4, 0.5) is 11.4 Å². The van der Waals surface area contributed by atoms with Crippen LogP contribution in [0, 0.1) is 0 Å². The summed E-state index contributed by atoms with van der Waals surface area (Å²) in [6.45, 7) is -0.213. The number of methoxy groups -OCH3 is 3. The molecule has 2 amide bonds. The minimum atomic E-state index is -4.12. The van der Waals surface area contributed by atoms with E-state index in [2.05, 4.69) is 10.6 Å². The predicted molar refractivity (Wildman–Crippen MR) is 165 cm³/mol. The van der Waals surface area contributed by atoms with Gasteiger partial charge in [0.15, 0.2) is 11.5 Å². The highest BCUT2D eigenvalue weighted by atomic mass is 32.2. The van der Waals surface area contributed by atoms with E-state index in [9.17, 15) is 18.0 Å². The third-order valence-electron chi connectivity index (χ3n) is 6.55. The maximum Gasteiger partial charge on any atom is 0.264 e. The molecular formula is C32H33N3O7S. The van der Waals surface area contributed by atoms with Gasteiger partial charge in [0, 0.05) is 12.6 Å². The molecule has 0 unspecified atom stereocenters. The summed E-state index contributed by atoms with van der Waals surface area (Å²) in [4.78, 5) is 26.4. The van der Waals surface area contributed by atoms with Gasteiger partial charge in [0.2, 0.25) is 5.91 Å². The molecule has 0 aliphatic rings. The maximum atomic E-state index is 13.6. The average molecular weight is 604 g/mol. The number of para-hydroxylation sites is 1. The van der Waals surface area contributed by atoms with Gasteiger partial charge in [-0.15, -0.1) is 0 Å². The highest BCUT2D eigenvalue weighted by molar-refractivity contribution is 7.92. The van der Waals surface area contributed by atoms with E-state index in [1.807, 2.05) is 12.1 Å². The van der Waals surface area contributed by atoms with Crippen LogP contribution < -0.4 is 29.1 Å². The molecular weight excluding hydrogens is 570 g/mol. The Morgan fingerprint density at radius 1 is 0.767 bits per heavy atom. The average Bonchev–Trinajstić information content (AvgIpc) is 3.04. The van der Waals surface area contributed by atoms with Crippen LogP contribution in [0.15, 0.2) is 102 Å². The molecule has 4 rings (SSSR count). The van der Waals surface area contributed by atoms with E-state index in [0.29, 0.717) is 30.2 Å². The zero-order chi connectivity index (χ0) is 30.8. The lowest BCUT2D eigenvalue weighted by molar-refractivity contribution is -0.114. The Morgan fingerprint density at radius 2 is 1.49 bits per heavy atom. The number of hydrogen-bond acceptors (Lipinski definition) is 7. The van der Waals surface area contributed by atoms with Crippen molar-refractivity contribution >= 4 is 33.2 Å². The number of anilines is 2. The van der Waals surface area contributed by atoms with Crippen LogP contribution in [0.25, 0.3) is 0 Å². The van der Waals surface area contributed by atoms with Gasteiger partial charge in [0.25, 0.3) is 15.9 Å². The largest absolute Gasteiger partial charge is 0.497 e. The van der Waals surface area contributed by atoms with Crippen molar-refractivity contribution in [2.75, 3.05) is 44.0 Å². The van der Waals surface area contributed by atoms with Gasteiger partial charge in [-0.25, -0.2) is 8.42 Å². The minimum absolute atomic E-state index is 0.0277. The molecule has 0 fully saturated rings. The van der Waals surface area contributed by atoms with Crippen LogP contribution in [0.3, 0.4) is 0 Å². The second-order valence-corrected chi connectivity index (χ2v) is 11.2. The topological polar surface area (TPSA) is 123 Å². The van der Waals surface area contributed by atoms with Crippen molar-refractivity contribution in [1.82, 2.24) is 5.32 Å². The molecule has 0 heterocycles. The SMILES string of the molecule is COc1cccc(N(CC(=O)Nc2ccccc2C(=O)NCCc2ccc(OC)c(OC)c2)S(=O)(=O)c2ccccc2)c1. The van der Waals surface area contributed by atoms with Crippen molar-refractivity contribution in [3.63, 3.8) is 0 Å². The summed E-state index contributed by atoms with van der Waals surface area (Å²) < 4.78 is 44.1. The first-order valence-electron chi connectivity index (χ1n) is 13.4. The summed E-state index contributed by atoms with van der Waals surface area (Å²) in [6.07, 6.45) is 0.535.